The van der Waals surface area contributed by atoms with Crippen LogP contribution in [0.25, 0.3) is 11.1 Å². The normalized spacial score (nSPS) is 32.3. The fourth-order valence-electron chi connectivity index (χ4n) is 7.75. The Morgan fingerprint density at radius 3 is 2.23 bits per heavy atom. The molecule has 4 bridgehead atoms. The molecule has 0 saturated heterocycles. The minimum absolute atomic E-state index is 0.0319. The summed E-state index contributed by atoms with van der Waals surface area (Å²) >= 11 is 0. The van der Waals surface area contributed by atoms with E-state index in [0.717, 1.165) is 72.9 Å². The number of anilines is 1. The van der Waals surface area contributed by atoms with Crippen molar-refractivity contribution in [2.75, 3.05) is 11.4 Å². The Hall–Kier alpha value is -3.16. The first-order valence-corrected chi connectivity index (χ1v) is 14.7. The highest BCUT2D eigenvalue weighted by atomic mass is 19.1. The Morgan fingerprint density at radius 2 is 1.65 bits per heavy atom. The molecule has 2 aromatic heterocycles. The fourth-order valence-corrected chi connectivity index (χ4v) is 7.75. The lowest BCUT2D eigenvalue weighted by molar-refractivity contribution is -0.211. The van der Waals surface area contributed by atoms with Gasteiger partial charge in [0.1, 0.15) is 11.5 Å². The van der Waals surface area contributed by atoms with Crippen molar-refractivity contribution >= 4 is 11.6 Å². The van der Waals surface area contributed by atoms with Crippen LogP contribution >= 0.6 is 0 Å². The molecular weight excluding hydrogens is 505 g/mol. The Labute approximate surface area is 235 Å². The lowest BCUT2D eigenvalue weighted by atomic mass is 9.41. The summed E-state index contributed by atoms with van der Waals surface area (Å²) in [5.41, 5.74) is 0.942. The predicted octanol–water partition coefficient (Wildman–Crippen LogP) is 6.65. The maximum Gasteiger partial charge on any atom is 0.233 e. The molecule has 9 rings (SSSR count). The van der Waals surface area contributed by atoms with Gasteiger partial charge in [0.2, 0.25) is 11.8 Å². The van der Waals surface area contributed by atoms with Gasteiger partial charge in [0, 0.05) is 41.0 Å². The number of hydrogen-bond acceptors (Lipinski definition) is 6. The van der Waals surface area contributed by atoms with Crippen LogP contribution in [-0.2, 0) is 15.6 Å². The van der Waals surface area contributed by atoms with Gasteiger partial charge in [0.05, 0.1) is 5.41 Å². The molecule has 0 unspecified atom stereocenters. The summed E-state index contributed by atoms with van der Waals surface area (Å²) in [6.45, 7) is 8.85. The minimum Gasteiger partial charge on any atom is -0.339 e. The fraction of sp³-hybridized carbons (Fsp3) is 0.594. The second kappa shape index (κ2) is 8.43. The van der Waals surface area contributed by atoms with Gasteiger partial charge in [-0.1, -0.05) is 38.1 Å². The van der Waals surface area contributed by atoms with Crippen molar-refractivity contribution in [2.24, 2.45) is 10.8 Å². The van der Waals surface area contributed by atoms with E-state index in [2.05, 4.69) is 42.0 Å². The van der Waals surface area contributed by atoms with Gasteiger partial charge in [-0.25, -0.2) is 14.4 Å². The summed E-state index contributed by atoms with van der Waals surface area (Å²) in [7, 11) is 0. The number of alkyl halides is 1. The first-order chi connectivity index (χ1) is 18.9. The number of rotatable bonds is 6. The molecule has 1 aromatic carbocycles. The summed E-state index contributed by atoms with van der Waals surface area (Å²) in [5, 5.41) is 4.31. The summed E-state index contributed by atoms with van der Waals surface area (Å²) in [4.78, 5) is 29.7. The van der Waals surface area contributed by atoms with Crippen LogP contribution in [0.5, 0.6) is 0 Å². The van der Waals surface area contributed by atoms with Crippen molar-refractivity contribution in [2.45, 2.75) is 102 Å². The number of carbonyl (C=O) groups is 1. The van der Waals surface area contributed by atoms with Gasteiger partial charge < -0.3 is 9.42 Å². The smallest absolute Gasteiger partial charge is 0.233 e. The third-order valence-corrected chi connectivity index (χ3v) is 10.4. The molecule has 0 aliphatic heterocycles. The number of aryl methyl sites for hydroxylation is 1. The summed E-state index contributed by atoms with van der Waals surface area (Å²) < 4.78 is 20.4. The third kappa shape index (κ3) is 4.00. The van der Waals surface area contributed by atoms with E-state index < -0.39 is 11.1 Å². The second-order valence-electron chi connectivity index (χ2n) is 14.4. The summed E-state index contributed by atoms with van der Waals surface area (Å²) in [6.07, 6.45) is 10.7. The highest BCUT2D eigenvalue weighted by molar-refractivity contribution is 6.00. The predicted molar refractivity (Wildman–Crippen MR) is 149 cm³/mol. The van der Waals surface area contributed by atoms with Crippen molar-refractivity contribution in [3.8, 4) is 11.1 Å². The van der Waals surface area contributed by atoms with Gasteiger partial charge in [-0.3, -0.25) is 4.79 Å². The molecule has 0 radical (unpaired) electrons. The van der Waals surface area contributed by atoms with Crippen molar-refractivity contribution < 1.29 is 13.7 Å². The van der Waals surface area contributed by atoms with Crippen LogP contribution in [0.3, 0.4) is 0 Å². The van der Waals surface area contributed by atoms with Gasteiger partial charge in [-0.15, -0.1) is 0 Å². The number of hydrogen-bond donors (Lipinski definition) is 0. The van der Waals surface area contributed by atoms with E-state index in [1.165, 1.54) is 0 Å². The lowest BCUT2D eigenvalue weighted by Gasteiger charge is -2.65. The minimum atomic E-state index is -1.12. The van der Waals surface area contributed by atoms with E-state index >= 15 is 0 Å². The zero-order chi connectivity index (χ0) is 28.0. The van der Waals surface area contributed by atoms with Crippen LogP contribution in [0.2, 0.25) is 0 Å². The van der Waals surface area contributed by atoms with E-state index in [1.54, 1.807) is 0 Å². The van der Waals surface area contributed by atoms with Crippen molar-refractivity contribution in [3.05, 3.63) is 54.2 Å². The van der Waals surface area contributed by atoms with Crippen LogP contribution in [-0.4, -0.2) is 38.2 Å². The van der Waals surface area contributed by atoms with E-state index in [-0.39, 0.29) is 22.2 Å². The Kier molecular flexibility index (Phi) is 5.43. The van der Waals surface area contributed by atoms with Crippen molar-refractivity contribution in [1.82, 2.24) is 20.1 Å². The summed E-state index contributed by atoms with van der Waals surface area (Å²) in [5.74, 6) is 2.36. The largest absolute Gasteiger partial charge is 0.339 e. The van der Waals surface area contributed by atoms with Gasteiger partial charge >= 0.3 is 0 Å². The molecule has 0 N–H and O–H groups in total. The summed E-state index contributed by atoms with van der Waals surface area (Å²) in [6, 6.07) is 8.12. The van der Waals surface area contributed by atoms with Crippen LogP contribution in [0.15, 0.2) is 41.2 Å². The molecular formula is C32H38FN5O2. The van der Waals surface area contributed by atoms with Gasteiger partial charge in [0.25, 0.3) is 0 Å². The van der Waals surface area contributed by atoms with Gasteiger partial charge in [0.15, 0.2) is 5.82 Å². The first kappa shape index (κ1) is 25.8. The molecule has 3 aromatic rings. The number of aromatic nitrogens is 4. The van der Waals surface area contributed by atoms with Crippen molar-refractivity contribution in [3.63, 3.8) is 0 Å². The molecule has 40 heavy (non-hydrogen) atoms. The van der Waals surface area contributed by atoms with Crippen molar-refractivity contribution in [1.29, 1.82) is 0 Å². The standard InChI is InChI=1S/C32H38FN5O2/c1-21-34-15-23(16-35-21)22-6-5-7-24(14-22)38(27(39)31-17-32(33,18-31)19-31)20-29-8-11-30(12-9-29,13-10-29)26-36-25(37-40-26)28(2,3)4/h5-7,14-16H,8-13,17-20H2,1-4H3. The SMILES string of the molecule is Cc1ncc(-c2cccc(N(CC34CCC(c5nc(C(C)(C)C)no5)(CC3)CC4)C(=O)C34CC(F)(C3)C4)c2)cn1. The monoisotopic (exact) mass is 543 g/mol. The number of nitrogens with zero attached hydrogens (tertiary/aromatic N) is 5. The third-order valence-electron chi connectivity index (χ3n) is 10.4. The number of benzene rings is 1. The molecule has 7 nitrogen and oxygen atoms in total. The zero-order valence-corrected chi connectivity index (χ0v) is 24.0. The van der Waals surface area contributed by atoms with Crippen LogP contribution in [0, 0.1) is 17.8 Å². The molecule has 1 amide bonds. The Bertz CT molecular complexity index is 1430. The molecule has 6 aliphatic rings. The highest BCUT2D eigenvalue weighted by Gasteiger charge is 2.73. The van der Waals surface area contributed by atoms with Crippen LogP contribution in [0.4, 0.5) is 10.1 Å². The second-order valence-corrected chi connectivity index (χ2v) is 14.4. The number of halogens is 1. The quantitative estimate of drug-likeness (QED) is 0.346. The van der Waals surface area contributed by atoms with E-state index in [4.69, 9.17) is 9.51 Å². The maximum absolute atomic E-state index is 14.5. The first-order valence-electron chi connectivity index (χ1n) is 14.7. The topological polar surface area (TPSA) is 85.0 Å². The number of fused-ring (bicyclic) bond motifs is 3. The molecule has 0 spiro atoms. The number of amides is 1. The van der Waals surface area contributed by atoms with E-state index in [1.807, 2.05) is 42.4 Å². The molecule has 6 saturated carbocycles. The highest BCUT2D eigenvalue weighted by Crippen LogP contribution is 2.70. The van der Waals surface area contributed by atoms with Gasteiger partial charge in [-0.2, -0.15) is 4.98 Å². The molecule has 0 atom stereocenters. The van der Waals surface area contributed by atoms with Crippen LogP contribution in [0.1, 0.15) is 96.1 Å². The Balaban J connectivity index is 1.16. The Morgan fingerprint density at radius 1 is 1.00 bits per heavy atom. The lowest BCUT2D eigenvalue weighted by Crippen LogP contribution is -2.71. The van der Waals surface area contributed by atoms with E-state index in [9.17, 15) is 9.18 Å². The molecule has 6 fully saturated rings. The number of carbonyl (C=O) groups excluding carboxylic acids is 1. The zero-order valence-electron chi connectivity index (χ0n) is 24.0. The molecule has 8 heteroatoms. The van der Waals surface area contributed by atoms with Gasteiger partial charge in [-0.05, 0) is 87.8 Å². The van der Waals surface area contributed by atoms with E-state index in [0.29, 0.717) is 25.8 Å². The molecule has 2 heterocycles. The molecule has 210 valence electrons. The molecule has 6 aliphatic carbocycles. The maximum atomic E-state index is 14.5. The van der Waals surface area contributed by atoms with Crippen LogP contribution < -0.4 is 4.90 Å². The average molecular weight is 544 g/mol. The average Bonchev–Trinajstić information content (AvgIpc) is 3.43.